The highest BCUT2D eigenvalue weighted by molar-refractivity contribution is 6.30. The molecule has 0 amide bonds. The summed E-state index contributed by atoms with van der Waals surface area (Å²) in [6.07, 6.45) is 12.0. The fraction of sp³-hybridized carbons (Fsp3) is 0.444. The van der Waals surface area contributed by atoms with Gasteiger partial charge in [0, 0.05) is 35.6 Å². The van der Waals surface area contributed by atoms with Crippen molar-refractivity contribution in [2.24, 2.45) is 11.8 Å². The fourth-order valence-corrected chi connectivity index (χ4v) is 5.07. The van der Waals surface area contributed by atoms with Crippen molar-refractivity contribution in [1.29, 1.82) is 0 Å². The largest absolute Gasteiger partial charge is 0.370 e. The van der Waals surface area contributed by atoms with Gasteiger partial charge in [-0.3, -0.25) is 0 Å². The molecule has 2 heterocycles. The summed E-state index contributed by atoms with van der Waals surface area (Å²) in [4.78, 5) is 2.66. The second-order valence-electron chi connectivity index (χ2n) is 6.74. The van der Waals surface area contributed by atoms with Crippen molar-refractivity contribution in [1.82, 2.24) is 0 Å². The molecule has 0 fully saturated rings. The molecule has 2 aliphatic heterocycles. The Morgan fingerprint density at radius 2 is 1.45 bits per heavy atom. The molecule has 0 radical (unpaired) electrons. The van der Waals surface area contributed by atoms with Crippen LogP contribution in [0, 0.1) is 11.8 Å². The standard InChI is InChI=1S/C18H18ClN/c19-13-7-16-14-5-1-3-11(14)9-20-10-12-4-2-6-15(12)17(8-13)18(16)20/h1-2,5-8,11-12,14-15H,3-4,9-10H2/t11-,12-,14-,15+/m1/s1. The van der Waals surface area contributed by atoms with E-state index in [2.05, 4.69) is 41.3 Å². The summed E-state index contributed by atoms with van der Waals surface area (Å²) in [6.45, 7) is 2.45. The Balaban J connectivity index is 1.76. The van der Waals surface area contributed by atoms with Crippen molar-refractivity contribution in [3.05, 3.63) is 52.6 Å². The van der Waals surface area contributed by atoms with E-state index >= 15 is 0 Å². The van der Waals surface area contributed by atoms with Crippen LogP contribution < -0.4 is 4.90 Å². The molecular weight excluding hydrogens is 266 g/mol. The molecule has 1 nitrogen and oxygen atoms in total. The van der Waals surface area contributed by atoms with Crippen molar-refractivity contribution in [2.45, 2.75) is 24.7 Å². The van der Waals surface area contributed by atoms with E-state index in [1.165, 1.54) is 42.7 Å². The summed E-state index contributed by atoms with van der Waals surface area (Å²) in [5.74, 6) is 2.72. The van der Waals surface area contributed by atoms with Crippen LogP contribution in [0.3, 0.4) is 0 Å². The van der Waals surface area contributed by atoms with Crippen LogP contribution in [0.5, 0.6) is 0 Å². The van der Waals surface area contributed by atoms with E-state index in [4.69, 9.17) is 11.6 Å². The summed E-state index contributed by atoms with van der Waals surface area (Å²) in [5.41, 5.74) is 4.47. The van der Waals surface area contributed by atoms with Crippen LogP contribution in [-0.2, 0) is 0 Å². The molecule has 1 aromatic carbocycles. The van der Waals surface area contributed by atoms with Crippen LogP contribution in [0.1, 0.15) is 35.8 Å². The predicted octanol–water partition coefficient (Wildman–Crippen LogP) is 4.49. The van der Waals surface area contributed by atoms with Crippen LogP contribution in [-0.4, -0.2) is 13.1 Å². The number of hydrogen-bond donors (Lipinski definition) is 0. The molecule has 2 heteroatoms. The molecule has 0 saturated heterocycles. The van der Waals surface area contributed by atoms with E-state index in [0.717, 1.165) is 16.9 Å². The summed E-state index contributed by atoms with van der Waals surface area (Å²) >= 11 is 6.45. The molecule has 0 saturated carbocycles. The minimum Gasteiger partial charge on any atom is -0.370 e. The zero-order valence-electron chi connectivity index (χ0n) is 11.4. The fourth-order valence-electron chi connectivity index (χ4n) is 4.84. The molecule has 2 aliphatic carbocycles. The number of nitrogens with zero attached hydrogens (tertiary/aromatic N) is 1. The normalized spacial score (nSPS) is 36.0. The molecule has 0 bridgehead atoms. The number of halogens is 1. The monoisotopic (exact) mass is 283 g/mol. The average Bonchev–Trinajstić information content (AvgIpc) is 3.06. The summed E-state index contributed by atoms with van der Waals surface area (Å²) in [5, 5.41) is 0.917. The first kappa shape index (κ1) is 11.4. The zero-order chi connectivity index (χ0) is 13.3. The van der Waals surface area contributed by atoms with Gasteiger partial charge in [-0.25, -0.2) is 0 Å². The first-order chi connectivity index (χ1) is 9.81. The maximum atomic E-state index is 6.45. The summed E-state index contributed by atoms with van der Waals surface area (Å²) < 4.78 is 0. The smallest absolute Gasteiger partial charge is 0.0444 e. The lowest BCUT2D eigenvalue weighted by molar-refractivity contribution is 0.410. The Bertz CT molecular complexity index is 594. The van der Waals surface area contributed by atoms with Gasteiger partial charge in [0.1, 0.15) is 0 Å². The van der Waals surface area contributed by atoms with Gasteiger partial charge in [0.05, 0.1) is 0 Å². The molecule has 20 heavy (non-hydrogen) atoms. The van der Waals surface area contributed by atoms with Gasteiger partial charge in [-0.15, -0.1) is 0 Å². The van der Waals surface area contributed by atoms with Crippen molar-refractivity contribution < 1.29 is 0 Å². The second-order valence-corrected chi connectivity index (χ2v) is 7.17. The highest BCUT2D eigenvalue weighted by Crippen LogP contribution is 2.53. The predicted molar refractivity (Wildman–Crippen MR) is 83.6 cm³/mol. The Labute approximate surface area is 124 Å². The molecule has 0 aromatic heterocycles. The van der Waals surface area contributed by atoms with E-state index in [1.54, 1.807) is 0 Å². The van der Waals surface area contributed by atoms with E-state index in [1.807, 2.05) is 0 Å². The maximum Gasteiger partial charge on any atom is 0.0444 e. The van der Waals surface area contributed by atoms with Crippen molar-refractivity contribution in [2.75, 3.05) is 18.0 Å². The van der Waals surface area contributed by atoms with Gasteiger partial charge in [-0.05, 0) is 47.9 Å². The van der Waals surface area contributed by atoms with Gasteiger partial charge < -0.3 is 4.90 Å². The quantitative estimate of drug-likeness (QED) is 0.634. The summed E-state index contributed by atoms with van der Waals surface area (Å²) in [7, 11) is 0. The Morgan fingerprint density at radius 1 is 0.900 bits per heavy atom. The minimum atomic E-state index is 0.598. The van der Waals surface area contributed by atoms with Crippen LogP contribution >= 0.6 is 11.6 Å². The first-order valence-electron chi connectivity index (χ1n) is 7.73. The highest BCUT2D eigenvalue weighted by Gasteiger charge is 2.42. The van der Waals surface area contributed by atoms with Gasteiger partial charge in [-0.2, -0.15) is 0 Å². The van der Waals surface area contributed by atoms with Crippen LogP contribution in [0.25, 0.3) is 0 Å². The minimum absolute atomic E-state index is 0.598. The van der Waals surface area contributed by atoms with Crippen LogP contribution in [0.2, 0.25) is 5.02 Å². The molecule has 4 aliphatic rings. The lowest BCUT2D eigenvalue weighted by atomic mass is 9.75. The number of fused-ring (bicyclic) bond motifs is 4. The summed E-state index contributed by atoms with van der Waals surface area (Å²) in [6, 6.07) is 4.44. The van der Waals surface area contributed by atoms with E-state index in [0.29, 0.717) is 11.8 Å². The highest BCUT2D eigenvalue weighted by atomic mass is 35.5. The Hall–Kier alpha value is -1.21. The lowest BCUT2D eigenvalue weighted by Crippen LogP contribution is -2.43. The van der Waals surface area contributed by atoms with Gasteiger partial charge in [0.15, 0.2) is 0 Å². The van der Waals surface area contributed by atoms with Gasteiger partial charge in [0.2, 0.25) is 0 Å². The molecule has 102 valence electrons. The average molecular weight is 284 g/mol. The molecule has 0 N–H and O–H groups in total. The lowest BCUT2D eigenvalue weighted by Gasteiger charge is -2.46. The first-order valence-corrected chi connectivity index (χ1v) is 8.10. The zero-order valence-corrected chi connectivity index (χ0v) is 12.2. The van der Waals surface area contributed by atoms with Gasteiger partial charge in [-0.1, -0.05) is 35.9 Å². The number of anilines is 1. The Kier molecular flexibility index (Phi) is 2.24. The van der Waals surface area contributed by atoms with Crippen LogP contribution in [0.4, 0.5) is 5.69 Å². The molecule has 5 rings (SSSR count). The molecule has 4 atom stereocenters. The molecule has 0 spiro atoms. The van der Waals surface area contributed by atoms with Crippen LogP contribution in [0.15, 0.2) is 36.4 Å². The molecule has 0 unspecified atom stereocenters. The topological polar surface area (TPSA) is 3.24 Å². The number of hydrogen-bond acceptors (Lipinski definition) is 1. The van der Waals surface area contributed by atoms with E-state index in [-0.39, 0.29) is 0 Å². The van der Waals surface area contributed by atoms with Crippen molar-refractivity contribution >= 4 is 17.3 Å². The third kappa shape index (κ3) is 1.39. The number of allylic oxidation sites excluding steroid dienone is 4. The number of benzene rings is 1. The second kappa shape index (κ2) is 3.92. The molecular formula is C18H18ClN. The van der Waals surface area contributed by atoms with Gasteiger partial charge in [0.25, 0.3) is 0 Å². The molecule has 1 aromatic rings. The SMILES string of the molecule is Clc1cc2c3c(c1)[C@@H]1C=CC[C@@H]1CN3C[C@H]1CC=C[C@H]21. The Morgan fingerprint density at radius 3 is 2.00 bits per heavy atom. The van der Waals surface area contributed by atoms with E-state index < -0.39 is 0 Å². The maximum absolute atomic E-state index is 6.45. The third-order valence-electron chi connectivity index (χ3n) is 5.66. The van der Waals surface area contributed by atoms with E-state index in [9.17, 15) is 0 Å². The number of rotatable bonds is 0. The van der Waals surface area contributed by atoms with Gasteiger partial charge >= 0.3 is 0 Å². The third-order valence-corrected chi connectivity index (χ3v) is 5.88. The van der Waals surface area contributed by atoms with Crippen molar-refractivity contribution in [3.63, 3.8) is 0 Å². The van der Waals surface area contributed by atoms with Crippen molar-refractivity contribution in [3.8, 4) is 0 Å².